The molecule has 1 aromatic rings. The maximum absolute atomic E-state index is 6.52. The highest BCUT2D eigenvalue weighted by Crippen LogP contribution is 2.52. The van der Waals surface area contributed by atoms with E-state index in [9.17, 15) is 0 Å². The van der Waals surface area contributed by atoms with Gasteiger partial charge < -0.3 is 5.73 Å². The van der Waals surface area contributed by atoms with Gasteiger partial charge in [-0.25, -0.2) is 4.98 Å². The molecule has 2 aliphatic carbocycles. The van der Waals surface area contributed by atoms with Gasteiger partial charge in [-0.15, -0.1) is 11.3 Å². The fraction of sp³-hybridized carbons (Fsp3) is 0.769. The highest BCUT2D eigenvalue weighted by molar-refractivity contribution is 7.09. The smallest absolute Gasteiger partial charge is 0.112 e. The van der Waals surface area contributed by atoms with Gasteiger partial charge in [0, 0.05) is 11.6 Å². The molecule has 0 aromatic carbocycles. The third-order valence-corrected chi connectivity index (χ3v) is 5.72. The minimum atomic E-state index is -0.109. The Morgan fingerprint density at radius 1 is 1.06 bits per heavy atom. The molecule has 0 aliphatic heterocycles. The Labute approximate surface area is 101 Å². The topological polar surface area (TPSA) is 38.9 Å². The maximum Gasteiger partial charge on any atom is 0.112 e. The molecule has 0 atom stereocenters. The molecule has 16 heavy (non-hydrogen) atoms. The number of hydrogen-bond donors (Lipinski definition) is 1. The molecule has 0 unspecified atom stereocenters. The lowest BCUT2D eigenvalue weighted by Crippen LogP contribution is -2.43. The lowest BCUT2D eigenvalue weighted by Gasteiger charge is -2.42. The zero-order valence-corrected chi connectivity index (χ0v) is 10.6. The van der Waals surface area contributed by atoms with Crippen molar-refractivity contribution in [3.63, 3.8) is 0 Å². The second kappa shape index (κ2) is 3.81. The molecular weight excluding hydrogens is 216 g/mol. The molecule has 3 rings (SSSR count). The first kappa shape index (κ1) is 10.7. The van der Waals surface area contributed by atoms with E-state index in [2.05, 4.69) is 4.98 Å². The summed E-state index contributed by atoms with van der Waals surface area (Å²) in [7, 11) is 0. The van der Waals surface area contributed by atoms with E-state index in [4.69, 9.17) is 5.73 Å². The summed E-state index contributed by atoms with van der Waals surface area (Å²) >= 11 is 1.72. The predicted octanol–water partition coefficient (Wildman–Crippen LogP) is 3.43. The van der Waals surface area contributed by atoms with Crippen molar-refractivity contribution in [1.82, 2.24) is 4.98 Å². The van der Waals surface area contributed by atoms with Gasteiger partial charge in [0.25, 0.3) is 0 Å². The van der Waals surface area contributed by atoms with E-state index in [1.54, 1.807) is 11.3 Å². The van der Waals surface area contributed by atoms with Gasteiger partial charge >= 0.3 is 0 Å². The highest BCUT2D eigenvalue weighted by Gasteiger charge is 2.43. The van der Waals surface area contributed by atoms with E-state index >= 15 is 0 Å². The van der Waals surface area contributed by atoms with E-state index < -0.39 is 0 Å². The van der Waals surface area contributed by atoms with Gasteiger partial charge in [-0.3, -0.25) is 0 Å². The van der Waals surface area contributed by atoms with Crippen LogP contribution in [0, 0.1) is 5.41 Å². The van der Waals surface area contributed by atoms with Crippen LogP contribution in [0.3, 0.4) is 0 Å². The van der Waals surface area contributed by atoms with Gasteiger partial charge in [0.1, 0.15) is 5.01 Å². The summed E-state index contributed by atoms with van der Waals surface area (Å²) in [6.45, 7) is 0. The molecule has 0 radical (unpaired) electrons. The highest BCUT2D eigenvalue weighted by atomic mass is 32.1. The molecule has 2 nitrogen and oxygen atoms in total. The Bertz CT molecular complexity index is 342. The Balaban J connectivity index is 1.74. The first-order chi connectivity index (χ1) is 7.73. The lowest BCUT2D eigenvalue weighted by atomic mass is 9.67. The van der Waals surface area contributed by atoms with Crippen molar-refractivity contribution in [3.05, 3.63) is 16.6 Å². The van der Waals surface area contributed by atoms with E-state index in [0.29, 0.717) is 5.41 Å². The summed E-state index contributed by atoms with van der Waals surface area (Å²) in [5, 5.41) is 3.20. The van der Waals surface area contributed by atoms with Gasteiger partial charge in [0.15, 0.2) is 0 Å². The summed E-state index contributed by atoms with van der Waals surface area (Å²) in [6.07, 6.45) is 12.6. The van der Waals surface area contributed by atoms with E-state index in [1.165, 1.54) is 38.5 Å². The quantitative estimate of drug-likeness (QED) is 0.811. The van der Waals surface area contributed by atoms with Crippen LogP contribution in [0.5, 0.6) is 0 Å². The molecule has 2 aliphatic rings. The van der Waals surface area contributed by atoms with E-state index in [1.807, 2.05) is 11.6 Å². The van der Waals surface area contributed by atoms with Crippen molar-refractivity contribution in [2.24, 2.45) is 11.1 Å². The summed E-state index contributed by atoms with van der Waals surface area (Å²) < 4.78 is 0. The second-order valence-corrected chi connectivity index (χ2v) is 6.60. The van der Waals surface area contributed by atoms with Crippen LogP contribution < -0.4 is 5.73 Å². The van der Waals surface area contributed by atoms with Crippen LogP contribution in [-0.2, 0) is 5.54 Å². The van der Waals surface area contributed by atoms with Crippen LogP contribution in [-0.4, -0.2) is 4.98 Å². The van der Waals surface area contributed by atoms with Crippen LogP contribution in [0.15, 0.2) is 11.6 Å². The summed E-state index contributed by atoms with van der Waals surface area (Å²) in [5.74, 6) is 0. The number of nitrogens with zero attached hydrogens (tertiary/aromatic N) is 1. The number of hydrogen-bond acceptors (Lipinski definition) is 3. The Morgan fingerprint density at radius 2 is 1.75 bits per heavy atom. The maximum atomic E-state index is 6.52. The zero-order valence-electron chi connectivity index (χ0n) is 9.74. The molecule has 2 saturated carbocycles. The fourth-order valence-electron chi connectivity index (χ4n) is 3.53. The third kappa shape index (κ3) is 1.70. The Kier molecular flexibility index (Phi) is 2.55. The van der Waals surface area contributed by atoms with Crippen molar-refractivity contribution >= 4 is 11.3 Å². The first-order valence-electron chi connectivity index (χ1n) is 6.41. The minimum absolute atomic E-state index is 0.109. The largest absolute Gasteiger partial charge is 0.319 e. The van der Waals surface area contributed by atoms with Crippen LogP contribution in [0.1, 0.15) is 56.4 Å². The standard InChI is InChI=1S/C13H20N2S/c14-13(11-15-9-10-16-11)7-5-12(6-8-13)3-1-2-4-12/h9-10H,1-8,14H2. The fourth-order valence-corrected chi connectivity index (χ4v) is 4.35. The normalized spacial score (nSPS) is 27.3. The van der Waals surface area contributed by atoms with Crippen molar-refractivity contribution in [2.45, 2.75) is 56.9 Å². The Hall–Kier alpha value is -0.410. The van der Waals surface area contributed by atoms with Crippen LogP contribution in [0.25, 0.3) is 0 Å². The SMILES string of the molecule is NC1(c2nccs2)CCC2(CCCC2)CC1. The monoisotopic (exact) mass is 236 g/mol. The molecule has 0 amide bonds. The number of rotatable bonds is 1. The molecule has 3 heteroatoms. The van der Waals surface area contributed by atoms with Crippen molar-refractivity contribution in [3.8, 4) is 0 Å². The van der Waals surface area contributed by atoms with Crippen molar-refractivity contribution < 1.29 is 0 Å². The van der Waals surface area contributed by atoms with Gasteiger partial charge in [0.2, 0.25) is 0 Å². The third-order valence-electron chi connectivity index (χ3n) is 4.73. The molecule has 2 N–H and O–H groups in total. The predicted molar refractivity (Wildman–Crippen MR) is 67.3 cm³/mol. The summed E-state index contributed by atoms with van der Waals surface area (Å²) in [5.41, 5.74) is 7.08. The lowest BCUT2D eigenvalue weighted by molar-refractivity contribution is 0.134. The Morgan fingerprint density at radius 3 is 2.31 bits per heavy atom. The number of nitrogens with two attached hydrogens (primary N) is 1. The van der Waals surface area contributed by atoms with Gasteiger partial charge in [-0.2, -0.15) is 0 Å². The zero-order chi connectivity index (χ0) is 11.1. The van der Waals surface area contributed by atoms with Crippen LogP contribution in [0.4, 0.5) is 0 Å². The first-order valence-corrected chi connectivity index (χ1v) is 7.29. The van der Waals surface area contributed by atoms with E-state index in [-0.39, 0.29) is 5.54 Å². The van der Waals surface area contributed by atoms with Crippen LogP contribution >= 0.6 is 11.3 Å². The molecule has 0 bridgehead atoms. The van der Waals surface area contributed by atoms with Crippen LogP contribution in [0.2, 0.25) is 0 Å². The van der Waals surface area contributed by atoms with Gasteiger partial charge in [-0.1, -0.05) is 12.8 Å². The van der Waals surface area contributed by atoms with Gasteiger partial charge in [-0.05, 0) is 43.9 Å². The number of aromatic nitrogens is 1. The summed E-state index contributed by atoms with van der Waals surface area (Å²) in [6, 6.07) is 0. The van der Waals surface area contributed by atoms with Crippen molar-refractivity contribution in [2.75, 3.05) is 0 Å². The number of thiazole rings is 1. The average Bonchev–Trinajstić information content (AvgIpc) is 2.96. The average molecular weight is 236 g/mol. The van der Waals surface area contributed by atoms with Crippen molar-refractivity contribution in [1.29, 1.82) is 0 Å². The molecular formula is C13H20N2S. The minimum Gasteiger partial charge on any atom is -0.319 e. The van der Waals surface area contributed by atoms with Gasteiger partial charge in [0.05, 0.1) is 5.54 Å². The molecule has 88 valence electrons. The molecule has 1 aromatic heterocycles. The summed E-state index contributed by atoms with van der Waals surface area (Å²) in [4.78, 5) is 4.42. The molecule has 2 fully saturated rings. The molecule has 0 saturated heterocycles. The molecule has 1 heterocycles. The second-order valence-electron chi connectivity index (χ2n) is 5.70. The molecule has 1 spiro atoms. The van der Waals surface area contributed by atoms with E-state index in [0.717, 1.165) is 17.8 Å².